The van der Waals surface area contributed by atoms with Gasteiger partial charge < -0.3 is 10.1 Å². The minimum Gasteiger partial charge on any atom is -0.494 e. The highest BCUT2D eigenvalue weighted by Crippen LogP contribution is 2.31. The summed E-state index contributed by atoms with van der Waals surface area (Å²) < 4.78 is 5.40. The minimum atomic E-state index is 0.135. The summed E-state index contributed by atoms with van der Waals surface area (Å²) in [5.41, 5.74) is 2.99. The molecule has 2 heterocycles. The smallest absolute Gasteiger partial charge is 0.145 e. The van der Waals surface area contributed by atoms with Crippen LogP contribution in [0.4, 0.5) is 5.69 Å². The molecule has 1 unspecified atom stereocenters. The minimum absolute atomic E-state index is 0.135. The topological polar surface area (TPSA) is 47.0 Å². The molecule has 0 radical (unpaired) electrons. The van der Waals surface area contributed by atoms with Crippen molar-refractivity contribution in [2.45, 2.75) is 32.7 Å². The van der Waals surface area contributed by atoms with Crippen molar-refractivity contribution in [2.75, 3.05) is 12.4 Å². The lowest BCUT2D eigenvalue weighted by molar-refractivity contribution is 0.419. The number of anilines is 1. The Morgan fingerprint density at radius 1 is 1.17 bits per heavy atom. The molecule has 3 aromatic rings. The maximum Gasteiger partial charge on any atom is 0.145 e. The Bertz CT molecular complexity index is 813. The fraction of sp³-hybridized carbons (Fsp3) is 0.333. The third kappa shape index (κ3) is 3.15. The van der Waals surface area contributed by atoms with Crippen molar-refractivity contribution in [3.8, 4) is 5.75 Å². The lowest BCUT2D eigenvalue weighted by Gasteiger charge is -2.15. The van der Waals surface area contributed by atoms with E-state index in [9.17, 15) is 0 Å². The molecule has 1 aromatic carbocycles. The maximum absolute atomic E-state index is 5.40. The van der Waals surface area contributed by atoms with Crippen molar-refractivity contribution in [1.29, 1.82) is 0 Å². The number of hydrogen-bond acceptors (Lipinski definition) is 5. The zero-order valence-electron chi connectivity index (χ0n) is 13.8. The third-order valence-electron chi connectivity index (χ3n) is 3.80. The fourth-order valence-electron chi connectivity index (χ4n) is 2.51. The van der Waals surface area contributed by atoms with Crippen LogP contribution in [0.15, 0.2) is 35.8 Å². The predicted octanol–water partition coefficient (Wildman–Crippen LogP) is 5.00. The van der Waals surface area contributed by atoms with Crippen molar-refractivity contribution >= 4 is 27.9 Å². The van der Waals surface area contributed by atoms with Crippen LogP contribution >= 0.6 is 11.3 Å². The van der Waals surface area contributed by atoms with Crippen molar-refractivity contribution < 1.29 is 4.74 Å². The molecule has 3 rings (SSSR count). The summed E-state index contributed by atoms with van der Waals surface area (Å²) in [5, 5.41) is 7.92. The highest BCUT2D eigenvalue weighted by Gasteiger charge is 2.14. The Morgan fingerprint density at radius 2 is 2.00 bits per heavy atom. The third-order valence-corrected chi connectivity index (χ3v) is 4.97. The van der Waals surface area contributed by atoms with Gasteiger partial charge in [0, 0.05) is 28.6 Å². The van der Waals surface area contributed by atoms with E-state index < -0.39 is 0 Å². The number of para-hydroxylation sites is 1. The van der Waals surface area contributed by atoms with Gasteiger partial charge in [-0.3, -0.25) is 4.98 Å². The van der Waals surface area contributed by atoms with Crippen molar-refractivity contribution in [1.82, 2.24) is 9.97 Å². The summed E-state index contributed by atoms with van der Waals surface area (Å²) in [6.07, 6.45) is 1.81. The first-order valence-corrected chi connectivity index (χ1v) is 8.61. The van der Waals surface area contributed by atoms with Gasteiger partial charge in [-0.1, -0.05) is 26.0 Å². The zero-order chi connectivity index (χ0) is 16.4. The van der Waals surface area contributed by atoms with Gasteiger partial charge in [0.1, 0.15) is 11.3 Å². The van der Waals surface area contributed by atoms with Gasteiger partial charge in [-0.25, -0.2) is 4.98 Å². The monoisotopic (exact) mass is 327 g/mol. The summed E-state index contributed by atoms with van der Waals surface area (Å²) in [4.78, 5) is 9.18. The SMILES string of the molecule is COc1cccc2c(NC(C)c3csc(C(C)C)n3)ccnc12. The number of fused-ring (bicyclic) bond motifs is 1. The summed E-state index contributed by atoms with van der Waals surface area (Å²) in [5.74, 6) is 1.25. The van der Waals surface area contributed by atoms with E-state index in [1.54, 1.807) is 24.6 Å². The van der Waals surface area contributed by atoms with Crippen LogP contribution in [0.1, 0.15) is 43.4 Å². The van der Waals surface area contributed by atoms with Crippen LogP contribution in [-0.2, 0) is 0 Å². The highest BCUT2D eigenvalue weighted by molar-refractivity contribution is 7.09. The molecule has 0 aliphatic rings. The molecule has 0 aliphatic heterocycles. The Morgan fingerprint density at radius 3 is 2.70 bits per heavy atom. The van der Waals surface area contributed by atoms with Gasteiger partial charge >= 0.3 is 0 Å². The largest absolute Gasteiger partial charge is 0.494 e. The number of nitrogens with one attached hydrogen (secondary N) is 1. The van der Waals surface area contributed by atoms with Gasteiger partial charge in [0.05, 0.1) is 23.9 Å². The van der Waals surface area contributed by atoms with E-state index in [0.29, 0.717) is 5.92 Å². The van der Waals surface area contributed by atoms with Crippen LogP contribution in [0, 0.1) is 0 Å². The van der Waals surface area contributed by atoms with Gasteiger partial charge in [-0.2, -0.15) is 0 Å². The number of aromatic nitrogens is 2. The van der Waals surface area contributed by atoms with Crippen LogP contribution in [0.25, 0.3) is 10.9 Å². The summed E-state index contributed by atoms with van der Waals surface area (Å²) >= 11 is 1.72. The van der Waals surface area contributed by atoms with E-state index >= 15 is 0 Å². The standard InChI is InChI=1S/C18H21N3OS/c1-11(2)18-21-15(10-23-18)12(3)20-14-8-9-19-17-13(14)6-5-7-16(17)22-4/h5-12H,1-4H3,(H,19,20). The number of thiazole rings is 1. The quantitative estimate of drug-likeness (QED) is 0.716. The average Bonchev–Trinajstić information content (AvgIpc) is 3.05. The Labute approximate surface area is 140 Å². The molecular weight excluding hydrogens is 306 g/mol. The maximum atomic E-state index is 5.40. The zero-order valence-corrected chi connectivity index (χ0v) is 14.6. The molecule has 0 saturated heterocycles. The molecular formula is C18H21N3OS. The molecule has 1 N–H and O–H groups in total. The fourth-order valence-corrected chi connectivity index (χ4v) is 3.44. The Hall–Kier alpha value is -2.14. The van der Waals surface area contributed by atoms with Gasteiger partial charge in [-0.15, -0.1) is 11.3 Å². The normalized spacial score (nSPS) is 12.6. The molecule has 0 amide bonds. The first-order valence-electron chi connectivity index (χ1n) is 7.73. The molecule has 2 aromatic heterocycles. The first kappa shape index (κ1) is 15.7. The van der Waals surface area contributed by atoms with E-state index in [1.165, 1.54) is 5.01 Å². The number of rotatable bonds is 5. The molecule has 0 saturated carbocycles. The molecule has 120 valence electrons. The van der Waals surface area contributed by atoms with Crippen molar-refractivity contribution in [2.24, 2.45) is 0 Å². The Balaban J connectivity index is 1.91. The van der Waals surface area contributed by atoms with Crippen LogP contribution in [0.3, 0.4) is 0 Å². The number of benzene rings is 1. The van der Waals surface area contributed by atoms with Crippen molar-refractivity contribution in [3.63, 3.8) is 0 Å². The van der Waals surface area contributed by atoms with E-state index in [4.69, 9.17) is 9.72 Å². The molecule has 4 nitrogen and oxygen atoms in total. The number of hydrogen-bond donors (Lipinski definition) is 1. The summed E-state index contributed by atoms with van der Waals surface area (Å²) in [6.45, 7) is 6.47. The van der Waals surface area contributed by atoms with Crippen LogP contribution in [-0.4, -0.2) is 17.1 Å². The van der Waals surface area contributed by atoms with E-state index in [2.05, 4.69) is 42.5 Å². The number of pyridine rings is 1. The molecule has 5 heteroatoms. The second-order valence-electron chi connectivity index (χ2n) is 5.85. The van der Waals surface area contributed by atoms with Crippen LogP contribution in [0.2, 0.25) is 0 Å². The molecule has 23 heavy (non-hydrogen) atoms. The van der Waals surface area contributed by atoms with Crippen LogP contribution in [0.5, 0.6) is 5.75 Å². The second-order valence-corrected chi connectivity index (χ2v) is 6.74. The lowest BCUT2D eigenvalue weighted by Crippen LogP contribution is -2.08. The van der Waals surface area contributed by atoms with Gasteiger partial charge in [0.15, 0.2) is 0 Å². The lowest BCUT2D eigenvalue weighted by atomic mass is 10.1. The summed E-state index contributed by atoms with van der Waals surface area (Å²) in [6, 6.07) is 8.10. The molecule has 1 atom stereocenters. The number of methoxy groups -OCH3 is 1. The van der Waals surface area contributed by atoms with E-state index in [-0.39, 0.29) is 6.04 Å². The summed E-state index contributed by atoms with van der Waals surface area (Å²) in [7, 11) is 1.67. The molecule has 0 aliphatic carbocycles. The predicted molar refractivity (Wildman–Crippen MR) is 96.5 cm³/mol. The first-order chi connectivity index (χ1) is 11.1. The molecule has 0 fully saturated rings. The van der Waals surface area contributed by atoms with Crippen molar-refractivity contribution in [3.05, 3.63) is 46.5 Å². The number of nitrogens with zero attached hydrogens (tertiary/aromatic N) is 2. The molecule has 0 bridgehead atoms. The highest BCUT2D eigenvalue weighted by atomic mass is 32.1. The van der Waals surface area contributed by atoms with E-state index in [1.807, 2.05) is 18.2 Å². The van der Waals surface area contributed by atoms with Gasteiger partial charge in [-0.05, 0) is 19.1 Å². The Kier molecular flexibility index (Phi) is 4.48. The second kappa shape index (κ2) is 6.54. The average molecular weight is 327 g/mol. The number of ether oxygens (including phenoxy) is 1. The van der Waals surface area contributed by atoms with Gasteiger partial charge in [0.2, 0.25) is 0 Å². The van der Waals surface area contributed by atoms with Gasteiger partial charge in [0.25, 0.3) is 0 Å². The molecule has 0 spiro atoms. The van der Waals surface area contributed by atoms with E-state index in [0.717, 1.165) is 28.0 Å². The van der Waals surface area contributed by atoms with Crippen LogP contribution < -0.4 is 10.1 Å².